The molecule has 0 aliphatic rings. The minimum Gasteiger partial charge on any atom is -0.348 e. The number of anilines is 1. The molecule has 0 saturated carbocycles. The SMILES string of the molecule is CCCNCc1cnc(N(CC)CC(CC)CC)s1. The first-order chi connectivity index (χ1) is 9.24. The summed E-state index contributed by atoms with van der Waals surface area (Å²) in [5.74, 6) is 0.783. The number of thiazole rings is 1. The van der Waals surface area contributed by atoms with Gasteiger partial charge in [0, 0.05) is 30.7 Å². The van der Waals surface area contributed by atoms with Crippen molar-refractivity contribution in [3.05, 3.63) is 11.1 Å². The first-order valence-corrected chi connectivity index (χ1v) is 8.47. The van der Waals surface area contributed by atoms with E-state index in [2.05, 4.69) is 42.9 Å². The first-order valence-electron chi connectivity index (χ1n) is 7.65. The second-order valence-electron chi connectivity index (χ2n) is 5.01. The summed E-state index contributed by atoms with van der Waals surface area (Å²) in [5, 5.41) is 4.62. The highest BCUT2D eigenvalue weighted by molar-refractivity contribution is 7.15. The van der Waals surface area contributed by atoms with E-state index in [0.717, 1.165) is 32.1 Å². The molecule has 1 aromatic heterocycles. The van der Waals surface area contributed by atoms with Gasteiger partial charge >= 0.3 is 0 Å². The van der Waals surface area contributed by atoms with E-state index < -0.39 is 0 Å². The highest BCUT2D eigenvalue weighted by Gasteiger charge is 2.13. The van der Waals surface area contributed by atoms with Crippen molar-refractivity contribution >= 4 is 16.5 Å². The van der Waals surface area contributed by atoms with Gasteiger partial charge in [-0.05, 0) is 25.8 Å². The molecule has 0 atom stereocenters. The molecule has 19 heavy (non-hydrogen) atoms. The number of hydrogen-bond acceptors (Lipinski definition) is 4. The van der Waals surface area contributed by atoms with Crippen LogP contribution >= 0.6 is 11.3 Å². The molecule has 0 aliphatic heterocycles. The van der Waals surface area contributed by atoms with E-state index in [1.807, 2.05) is 17.5 Å². The number of nitrogens with zero attached hydrogens (tertiary/aromatic N) is 2. The van der Waals surface area contributed by atoms with Crippen molar-refractivity contribution in [2.75, 3.05) is 24.5 Å². The highest BCUT2D eigenvalue weighted by Crippen LogP contribution is 2.24. The molecule has 1 heterocycles. The van der Waals surface area contributed by atoms with Gasteiger partial charge < -0.3 is 10.2 Å². The molecule has 3 nitrogen and oxygen atoms in total. The third-order valence-corrected chi connectivity index (χ3v) is 4.61. The Kier molecular flexibility index (Phi) is 8.07. The van der Waals surface area contributed by atoms with Gasteiger partial charge in [-0.15, -0.1) is 11.3 Å². The van der Waals surface area contributed by atoms with E-state index in [1.165, 1.54) is 29.3 Å². The molecule has 0 bridgehead atoms. The van der Waals surface area contributed by atoms with Gasteiger partial charge in [-0.3, -0.25) is 0 Å². The molecule has 1 rings (SSSR count). The molecule has 0 spiro atoms. The molecule has 110 valence electrons. The molecule has 0 aromatic carbocycles. The molecule has 0 unspecified atom stereocenters. The predicted molar refractivity (Wildman–Crippen MR) is 86.1 cm³/mol. The number of rotatable bonds is 10. The van der Waals surface area contributed by atoms with E-state index >= 15 is 0 Å². The molecule has 1 aromatic rings. The molecule has 0 radical (unpaired) electrons. The van der Waals surface area contributed by atoms with Gasteiger partial charge in [0.05, 0.1) is 0 Å². The average molecular weight is 283 g/mol. The van der Waals surface area contributed by atoms with Crippen LogP contribution < -0.4 is 10.2 Å². The zero-order valence-corrected chi connectivity index (χ0v) is 13.7. The van der Waals surface area contributed by atoms with Crippen LogP contribution in [-0.2, 0) is 6.54 Å². The molecule has 0 aliphatic carbocycles. The van der Waals surface area contributed by atoms with Crippen molar-refractivity contribution in [2.24, 2.45) is 5.92 Å². The van der Waals surface area contributed by atoms with Gasteiger partial charge in [0.25, 0.3) is 0 Å². The summed E-state index contributed by atoms with van der Waals surface area (Å²) < 4.78 is 0. The van der Waals surface area contributed by atoms with E-state index in [1.54, 1.807) is 0 Å². The van der Waals surface area contributed by atoms with Crippen molar-refractivity contribution in [1.82, 2.24) is 10.3 Å². The van der Waals surface area contributed by atoms with Crippen molar-refractivity contribution in [1.29, 1.82) is 0 Å². The fraction of sp³-hybridized carbons (Fsp3) is 0.800. The number of hydrogen-bond donors (Lipinski definition) is 1. The van der Waals surface area contributed by atoms with Crippen LogP contribution in [0.5, 0.6) is 0 Å². The Morgan fingerprint density at radius 3 is 2.58 bits per heavy atom. The number of nitrogens with one attached hydrogen (secondary N) is 1. The standard InChI is InChI=1S/C15H29N3S/c1-5-9-16-10-14-11-17-15(19-14)18(8-4)12-13(6-2)7-3/h11,13,16H,5-10,12H2,1-4H3. The van der Waals surface area contributed by atoms with Crippen LogP contribution in [0.3, 0.4) is 0 Å². The lowest BCUT2D eigenvalue weighted by Crippen LogP contribution is -2.28. The van der Waals surface area contributed by atoms with Gasteiger partial charge in [0.15, 0.2) is 5.13 Å². The lowest BCUT2D eigenvalue weighted by Gasteiger charge is -2.24. The van der Waals surface area contributed by atoms with Crippen LogP contribution in [-0.4, -0.2) is 24.6 Å². The molecule has 0 amide bonds. The van der Waals surface area contributed by atoms with Gasteiger partial charge in [-0.1, -0.05) is 33.6 Å². The van der Waals surface area contributed by atoms with Gasteiger partial charge in [-0.25, -0.2) is 4.98 Å². The Morgan fingerprint density at radius 2 is 2.00 bits per heavy atom. The topological polar surface area (TPSA) is 28.2 Å². The van der Waals surface area contributed by atoms with E-state index in [4.69, 9.17) is 0 Å². The normalized spacial score (nSPS) is 11.2. The van der Waals surface area contributed by atoms with E-state index in [0.29, 0.717) is 0 Å². The quantitative estimate of drug-likeness (QED) is 0.660. The lowest BCUT2D eigenvalue weighted by atomic mass is 10.0. The third kappa shape index (κ3) is 5.49. The Balaban J connectivity index is 2.55. The Bertz CT molecular complexity index is 334. The van der Waals surface area contributed by atoms with Gasteiger partial charge in [0.2, 0.25) is 0 Å². The van der Waals surface area contributed by atoms with Crippen LogP contribution in [0.2, 0.25) is 0 Å². The summed E-state index contributed by atoms with van der Waals surface area (Å²) in [7, 11) is 0. The molecular weight excluding hydrogens is 254 g/mol. The van der Waals surface area contributed by atoms with Crippen LogP contribution in [0.4, 0.5) is 5.13 Å². The molecule has 0 saturated heterocycles. The maximum absolute atomic E-state index is 4.59. The second kappa shape index (κ2) is 9.32. The van der Waals surface area contributed by atoms with Crippen LogP contribution in [0.15, 0.2) is 6.20 Å². The van der Waals surface area contributed by atoms with Gasteiger partial charge in [-0.2, -0.15) is 0 Å². The monoisotopic (exact) mass is 283 g/mol. The van der Waals surface area contributed by atoms with Crippen molar-refractivity contribution < 1.29 is 0 Å². The largest absolute Gasteiger partial charge is 0.348 e. The minimum absolute atomic E-state index is 0.783. The Morgan fingerprint density at radius 1 is 1.26 bits per heavy atom. The zero-order valence-electron chi connectivity index (χ0n) is 12.9. The maximum atomic E-state index is 4.59. The highest BCUT2D eigenvalue weighted by atomic mass is 32.1. The lowest BCUT2D eigenvalue weighted by molar-refractivity contribution is 0.486. The summed E-state index contributed by atoms with van der Waals surface area (Å²) in [6.07, 6.45) is 5.71. The Labute approximate surface area is 122 Å². The average Bonchev–Trinajstić information content (AvgIpc) is 2.89. The summed E-state index contributed by atoms with van der Waals surface area (Å²) in [6, 6.07) is 0. The number of aromatic nitrogens is 1. The van der Waals surface area contributed by atoms with E-state index in [-0.39, 0.29) is 0 Å². The molecular formula is C15H29N3S. The minimum atomic E-state index is 0.783. The fourth-order valence-electron chi connectivity index (χ4n) is 2.11. The summed E-state index contributed by atoms with van der Waals surface area (Å²) in [5.41, 5.74) is 0. The fourth-order valence-corrected chi connectivity index (χ4v) is 3.07. The molecule has 1 N–H and O–H groups in total. The van der Waals surface area contributed by atoms with Crippen molar-refractivity contribution in [3.63, 3.8) is 0 Å². The molecule has 4 heteroatoms. The van der Waals surface area contributed by atoms with Crippen LogP contribution in [0.1, 0.15) is 51.8 Å². The summed E-state index contributed by atoms with van der Waals surface area (Å²) in [4.78, 5) is 8.35. The first kappa shape index (κ1) is 16.4. The van der Waals surface area contributed by atoms with E-state index in [9.17, 15) is 0 Å². The predicted octanol–water partition coefficient (Wildman–Crippen LogP) is 3.91. The van der Waals surface area contributed by atoms with Gasteiger partial charge in [0.1, 0.15) is 0 Å². The van der Waals surface area contributed by atoms with Crippen molar-refractivity contribution in [2.45, 2.75) is 53.5 Å². The summed E-state index contributed by atoms with van der Waals surface area (Å²) >= 11 is 1.83. The second-order valence-corrected chi connectivity index (χ2v) is 6.10. The Hall–Kier alpha value is -0.610. The smallest absolute Gasteiger partial charge is 0.185 e. The van der Waals surface area contributed by atoms with Crippen LogP contribution in [0, 0.1) is 5.92 Å². The maximum Gasteiger partial charge on any atom is 0.185 e. The zero-order chi connectivity index (χ0) is 14.1. The molecule has 0 fully saturated rings. The van der Waals surface area contributed by atoms with Crippen molar-refractivity contribution in [3.8, 4) is 0 Å². The third-order valence-electron chi connectivity index (χ3n) is 3.55. The summed E-state index contributed by atoms with van der Waals surface area (Å²) in [6.45, 7) is 13.2. The van der Waals surface area contributed by atoms with Crippen LogP contribution in [0.25, 0.3) is 0 Å².